The molecule has 0 fully saturated rings. The highest BCUT2D eigenvalue weighted by molar-refractivity contribution is 5.87. The van der Waals surface area contributed by atoms with Crippen molar-refractivity contribution in [2.24, 2.45) is 0 Å². The van der Waals surface area contributed by atoms with Crippen LogP contribution >= 0.6 is 0 Å². The van der Waals surface area contributed by atoms with Crippen LogP contribution in [0, 0.1) is 11.3 Å². The first-order chi connectivity index (χ1) is 28.2. The largest absolute Gasteiger partial charge is 0.208 e. The summed E-state index contributed by atoms with van der Waals surface area (Å²) in [7, 11) is 0. The van der Waals surface area contributed by atoms with Crippen molar-refractivity contribution in [3.05, 3.63) is 234 Å². The Labute approximate surface area is 332 Å². The van der Waals surface area contributed by atoms with Gasteiger partial charge in [-0.05, 0) is 86.0 Å². The molecule has 0 bridgehead atoms. The van der Waals surface area contributed by atoms with Gasteiger partial charge >= 0.3 is 0 Å². The number of fused-ring (bicyclic) bond motifs is 3. The van der Waals surface area contributed by atoms with Crippen LogP contribution in [-0.4, -0.2) is 15.0 Å². The highest BCUT2D eigenvalue weighted by atomic mass is 15.0. The molecule has 4 nitrogen and oxygen atoms in total. The molecule has 10 rings (SSSR count). The van der Waals surface area contributed by atoms with Gasteiger partial charge in [-0.15, -0.1) is 0 Å². The fraction of sp³-hybridized carbons (Fsp3) is 0.0189. The summed E-state index contributed by atoms with van der Waals surface area (Å²) in [6, 6.07) is 74.3. The Morgan fingerprint density at radius 1 is 0.333 bits per heavy atom. The lowest BCUT2D eigenvalue weighted by Gasteiger charge is -2.34. The van der Waals surface area contributed by atoms with E-state index in [0.717, 1.165) is 38.9 Å². The molecule has 0 amide bonds. The number of aromatic nitrogens is 3. The van der Waals surface area contributed by atoms with Gasteiger partial charge in [0.1, 0.15) is 0 Å². The van der Waals surface area contributed by atoms with Crippen LogP contribution < -0.4 is 0 Å². The molecule has 9 aromatic rings. The summed E-state index contributed by atoms with van der Waals surface area (Å²) in [6.07, 6.45) is 0. The quantitative estimate of drug-likeness (QED) is 0.164. The summed E-state index contributed by atoms with van der Waals surface area (Å²) < 4.78 is 0. The van der Waals surface area contributed by atoms with Crippen LogP contribution in [0.4, 0.5) is 0 Å². The molecular formula is C53H34N4. The maximum Gasteiger partial charge on any atom is 0.164 e. The topological polar surface area (TPSA) is 62.5 Å². The van der Waals surface area contributed by atoms with E-state index < -0.39 is 5.41 Å². The van der Waals surface area contributed by atoms with Crippen LogP contribution in [0.3, 0.4) is 0 Å². The molecule has 0 aliphatic heterocycles. The van der Waals surface area contributed by atoms with Crippen molar-refractivity contribution in [3.63, 3.8) is 0 Å². The van der Waals surface area contributed by atoms with Gasteiger partial charge in [0.25, 0.3) is 0 Å². The Kier molecular flexibility index (Phi) is 8.39. The van der Waals surface area contributed by atoms with Crippen LogP contribution in [0.2, 0.25) is 0 Å². The van der Waals surface area contributed by atoms with Gasteiger partial charge in [-0.3, -0.25) is 0 Å². The lowest BCUT2D eigenvalue weighted by atomic mass is 9.67. The Hall–Kier alpha value is -7.74. The summed E-state index contributed by atoms with van der Waals surface area (Å²) in [5.41, 5.74) is 14.5. The van der Waals surface area contributed by atoms with E-state index >= 15 is 0 Å². The van der Waals surface area contributed by atoms with Crippen LogP contribution in [0.25, 0.3) is 67.5 Å². The predicted octanol–water partition coefficient (Wildman–Crippen LogP) is 12.4. The van der Waals surface area contributed by atoms with E-state index in [9.17, 15) is 5.26 Å². The van der Waals surface area contributed by atoms with Gasteiger partial charge in [0.15, 0.2) is 17.5 Å². The second-order valence-electron chi connectivity index (χ2n) is 14.3. The summed E-state index contributed by atoms with van der Waals surface area (Å²) in [5.74, 6) is 1.89. The number of nitriles is 1. The smallest absolute Gasteiger partial charge is 0.164 e. The van der Waals surface area contributed by atoms with Crippen molar-refractivity contribution in [1.29, 1.82) is 5.26 Å². The molecule has 0 saturated heterocycles. The lowest BCUT2D eigenvalue weighted by Crippen LogP contribution is -2.28. The van der Waals surface area contributed by atoms with Gasteiger partial charge in [-0.1, -0.05) is 176 Å². The van der Waals surface area contributed by atoms with E-state index in [0.29, 0.717) is 23.0 Å². The van der Waals surface area contributed by atoms with Crippen LogP contribution in [-0.2, 0) is 5.41 Å². The zero-order chi connectivity index (χ0) is 38.2. The minimum Gasteiger partial charge on any atom is -0.208 e. The maximum atomic E-state index is 9.46. The Morgan fingerprint density at radius 2 is 0.737 bits per heavy atom. The van der Waals surface area contributed by atoms with E-state index in [4.69, 9.17) is 15.0 Å². The first-order valence-corrected chi connectivity index (χ1v) is 19.1. The van der Waals surface area contributed by atoms with Gasteiger partial charge < -0.3 is 0 Å². The SMILES string of the molecule is N#Cc1ccc(-c2cccc(C3(c4cccc(-c5cccc(-c6nc(-c7ccccc7)nc(-c7ccccc7)n6)c5)c4)c4ccccc4-c4ccccc43)c2)cc1. The highest BCUT2D eigenvalue weighted by Gasteiger charge is 2.46. The molecule has 0 spiro atoms. The molecule has 4 heteroatoms. The molecule has 1 aliphatic rings. The number of rotatable bonds is 7. The molecule has 0 atom stereocenters. The zero-order valence-electron chi connectivity index (χ0n) is 30.9. The Balaban J connectivity index is 1.14. The average molecular weight is 727 g/mol. The molecule has 266 valence electrons. The van der Waals surface area contributed by atoms with Crippen LogP contribution in [0.1, 0.15) is 27.8 Å². The van der Waals surface area contributed by atoms with Gasteiger partial charge in [0.05, 0.1) is 17.0 Å². The third-order valence-corrected chi connectivity index (χ3v) is 11.0. The van der Waals surface area contributed by atoms with Crippen molar-refractivity contribution >= 4 is 0 Å². The van der Waals surface area contributed by atoms with Crippen LogP contribution in [0.5, 0.6) is 0 Å². The van der Waals surface area contributed by atoms with Crippen molar-refractivity contribution in [2.45, 2.75) is 5.41 Å². The number of hydrogen-bond donors (Lipinski definition) is 0. The second kappa shape index (κ2) is 14.2. The van der Waals surface area contributed by atoms with Crippen LogP contribution in [0.15, 0.2) is 206 Å². The third-order valence-electron chi connectivity index (χ3n) is 11.0. The fourth-order valence-corrected chi connectivity index (χ4v) is 8.40. The summed E-state index contributed by atoms with van der Waals surface area (Å²) >= 11 is 0. The first-order valence-electron chi connectivity index (χ1n) is 19.1. The Morgan fingerprint density at radius 3 is 1.26 bits per heavy atom. The van der Waals surface area contributed by atoms with E-state index in [2.05, 4.69) is 127 Å². The van der Waals surface area contributed by atoms with Crippen molar-refractivity contribution < 1.29 is 0 Å². The molecule has 57 heavy (non-hydrogen) atoms. The molecule has 0 unspecified atom stereocenters. The molecule has 1 aliphatic carbocycles. The summed E-state index contributed by atoms with van der Waals surface area (Å²) in [5, 5.41) is 9.46. The number of nitrogens with zero attached hydrogens (tertiary/aromatic N) is 4. The fourth-order valence-electron chi connectivity index (χ4n) is 8.40. The molecule has 8 aromatic carbocycles. The molecule has 1 heterocycles. The average Bonchev–Trinajstić information content (AvgIpc) is 3.61. The van der Waals surface area contributed by atoms with Gasteiger partial charge in [0, 0.05) is 16.7 Å². The third kappa shape index (κ3) is 5.90. The lowest BCUT2D eigenvalue weighted by molar-refractivity contribution is 0.769. The van der Waals surface area contributed by atoms with E-state index in [-0.39, 0.29) is 0 Å². The van der Waals surface area contributed by atoms with Crippen molar-refractivity contribution in [3.8, 4) is 73.6 Å². The predicted molar refractivity (Wildman–Crippen MR) is 229 cm³/mol. The van der Waals surface area contributed by atoms with Crippen molar-refractivity contribution in [1.82, 2.24) is 15.0 Å². The number of hydrogen-bond acceptors (Lipinski definition) is 4. The standard InChI is InChI=1S/C53H34N4/c54-35-36-28-30-37(31-29-36)41-19-12-22-44(33-41)53(48-26-9-7-24-46(48)47-25-8-10-27-49(47)53)45-23-13-20-42(34-45)40-18-11-21-43(32-40)52-56-50(38-14-3-1-4-15-38)55-51(57-52)39-16-5-2-6-17-39/h1-34H. The van der Waals surface area contributed by atoms with Gasteiger partial charge in [-0.25, -0.2) is 15.0 Å². The molecule has 0 saturated carbocycles. The normalized spacial score (nSPS) is 12.3. The molecule has 1 aromatic heterocycles. The minimum absolute atomic E-state index is 0.590. The van der Waals surface area contributed by atoms with Gasteiger partial charge in [-0.2, -0.15) is 5.26 Å². The van der Waals surface area contributed by atoms with Gasteiger partial charge in [0.2, 0.25) is 0 Å². The monoisotopic (exact) mass is 726 g/mol. The van der Waals surface area contributed by atoms with Crippen molar-refractivity contribution in [2.75, 3.05) is 0 Å². The molecule has 0 radical (unpaired) electrons. The second-order valence-corrected chi connectivity index (χ2v) is 14.3. The highest BCUT2D eigenvalue weighted by Crippen LogP contribution is 2.56. The Bertz CT molecular complexity index is 2860. The molecular weight excluding hydrogens is 693 g/mol. The van der Waals surface area contributed by atoms with E-state index in [1.165, 1.54) is 33.4 Å². The summed E-state index contributed by atoms with van der Waals surface area (Å²) in [4.78, 5) is 14.9. The molecule has 0 N–H and O–H groups in total. The first kappa shape index (κ1) is 33.8. The zero-order valence-corrected chi connectivity index (χ0v) is 30.9. The minimum atomic E-state index is -0.590. The van der Waals surface area contributed by atoms with E-state index in [1.54, 1.807) is 0 Å². The van der Waals surface area contributed by atoms with E-state index in [1.807, 2.05) is 84.9 Å². The maximum absolute atomic E-state index is 9.46. The number of benzene rings is 8. The summed E-state index contributed by atoms with van der Waals surface area (Å²) in [6.45, 7) is 0.